The van der Waals surface area contributed by atoms with Gasteiger partial charge < -0.3 is 20.1 Å². The highest BCUT2D eigenvalue weighted by Crippen LogP contribution is 2.38. The van der Waals surface area contributed by atoms with Crippen LogP contribution in [0.2, 0.25) is 0 Å². The van der Waals surface area contributed by atoms with Crippen molar-refractivity contribution < 1.29 is 19.4 Å². The van der Waals surface area contributed by atoms with Gasteiger partial charge in [0.2, 0.25) is 0 Å². The van der Waals surface area contributed by atoms with Gasteiger partial charge in [-0.2, -0.15) is 0 Å². The molecule has 2 N–H and O–H groups in total. The van der Waals surface area contributed by atoms with Crippen LogP contribution >= 0.6 is 0 Å². The lowest BCUT2D eigenvalue weighted by atomic mass is 9.89. The fourth-order valence-electron chi connectivity index (χ4n) is 4.39. The summed E-state index contributed by atoms with van der Waals surface area (Å²) in [4.78, 5) is 29.3. The third-order valence-corrected chi connectivity index (χ3v) is 5.82. The molecule has 32 heavy (non-hydrogen) atoms. The molecule has 0 spiro atoms. The summed E-state index contributed by atoms with van der Waals surface area (Å²) in [6.45, 7) is 2.11. The second-order valence-electron chi connectivity index (χ2n) is 7.78. The van der Waals surface area contributed by atoms with E-state index in [1.54, 1.807) is 25.9 Å². The summed E-state index contributed by atoms with van der Waals surface area (Å²) >= 11 is 0. The predicted octanol–water partition coefficient (Wildman–Crippen LogP) is 3.39. The number of hydrogen-bond acceptors (Lipinski definition) is 5. The van der Waals surface area contributed by atoms with Crippen LogP contribution in [0.25, 0.3) is 21.5 Å². The normalized spacial score (nSPS) is 16.4. The Morgan fingerprint density at radius 3 is 2.47 bits per heavy atom. The van der Waals surface area contributed by atoms with Gasteiger partial charge in [-0.25, -0.2) is 9.59 Å². The predicted molar refractivity (Wildman–Crippen MR) is 124 cm³/mol. The molecule has 3 aromatic rings. The zero-order chi connectivity index (χ0) is 22.8. The number of fused-ring (bicyclic) bond motifs is 3. The zero-order valence-electron chi connectivity index (χ0n) is 18.5. The van der Waals surface area contributed by atoms with Gasteiger partial charge in [-0.1, -0.05) is 48.5 Å². The van der Waals surface area contributed by atoms with Crippen LogP contribution in [-0.4, -0.2) is 60.8 Å². The molecule has 1 heterocycles. The van der Waals surface area contributed by atoms with Crippen molar-refractivity contribution in [2.45, 2.75) is 13.0 Å². The maximum absolute atomic E-state index is 13.2. The standard InChI is InChI=1S/C25H27N3O4/c1-4-32-24(30)21-22(26-25(31)28(3)23(21)27(2)13-14-29)20-15-16-9-5-6-10-17(16)18-11-7-8-12-19(18)20/h5-12,15,22,29H,4,13-14H2,1-3H3,(H,26,31). The smallest absolute Gasteiger partial charge is 0.340 e. The van der Waals surface area contributed by atoms with E-state index >= 15 is 0 Å². The highest BCUT2D eigenvalue weighted by atomic mass is 16.5. The SMILES string of the molecule is CCOC(=O)C1=C(N(C)CCO)N(C)C(=O)NC1c1cc2ccccc2c2ccccc12. The van der Waals surface area contributed by atoms with Gasteiger partial charge >= 0.3 is 12.0 Å². The first-order chi connectivity index (χ1) is 15.5. The first-order valence-corrected chi connectivity index (χ1v) is 10.7. The third-order valence-electron chi connectivity index (χ3n) is 5.82. The maximum atomic E-state index is 13.2. The minimum atomic E-state index is -0.705. The number of hydrogen-bond donors (Lipinski definition) is 2. The van der Waals surface area contributed by atoms with Crippen molar-refractivity contribution in [3.63, 3.8) is 0 Å². The van der Waals surface area contributed by atoms with Crippen molar-refractivity contribution in [1.29, 1.82) is 0 Å². The number of urea groups is 1. The van der Waals surface area contributed by atoms with E-state index in [2.05, 4.69) is 11.4 Å². The Balaban J connectivity index is 2.03. The maximum Gasteiger partial charge on any atom is 0.340 e. The van der Waals surface area contributed by atoms with Crippen molar-refractivity contribution in [2.24, 2.45) is 0 Å². The monoisotopic (exact) mass is 433 g/mol. The number of esters is 1. The summed E-state index contributed by atoms with van der Waals surface area (Å²) in [5.74, 6) is -0.0788. The first kappa shape index (κ1) is 21.6. The molecule has 166 valence electrons. The van der Waals surface area contributed by atoms with Crippen LogP contribution in [-0.2, 0) is 9.53 Å². The molecule has 0 bridgehead atoms. The Hall–Kier alpha value is -3.58. The molecule has 1 aliphatic heterocycles. The summed E-state index contributed by atoms with van der Waals surface area (Å²) in [6, 6.07) is 17.0. The van der Waals surface area contributed by atoms with Crippen LogP contribution in [0.15, 0.2) is 66.0 Å². The number of amides is 2. The molecule has 7 nitrogen and oxygen atoms in total. The summed E-state index contributed by atoms with van der Waals surface area (Å²) in [6.07, 6.45) is 0. The topological polar surface area (TPSA) is 82.1 Å². The molecule has 1 unspecified atom stereocenters. The number of ether oxygens (including phenoxy) is 1. The lowest BCUT2D eigenvalue weighted by Crippen LogP contribution is -2.50. The number of rotatable bonds is 6. The molecule has 0 saturated carbocycles. The van der Waals surface area contributed by atoms with E-state index in [0.29, 0.717) is 11.4 Å². The number of likely N-dealkylation sites (N-methyl/N-ethyl adjacent to an activating group) is 1. The fourth-order valence-corrected chi connectivity index (χ4v) is 4.39. The second kappa shape index (κ2) is 8.88. The van der Waals surface area contributed by atoms with Crippen molar-refractivity contribution in [3.05, 3.63) is 71.6 Å². The Morgan fingerprint density at radius 1 is 1.12 bits per heavy atom. The van der Waals surface area contributed by atoms with Crippen molar-refractivity contribution in [3.8, 4) is 0 Å². The summed E-state index contributed by atoms with van der Waals surface area (Å²) in [5, 5.41) is 16.6. The molecule has 0 fully saturated rings. The average Bonchev–Trinajstić information content (AvgIpc) is 2.80. The quantitative estimate of drug-likeness (QED) is 0.460. The van der Waals surface area contributed by atoms with Gasteiger partial charge in [0.15, 0.2) is 0 Å². The molecule has 7 heteroatoms. The van der Waals surface area contributed by atoms with Crippen LogP contribution in [0.1, 0.15) is 18.5 Å². The average molecular weight is 434 g/mol. The molecule has 0 aromatic heterocycles. The van der Waals surface area contributed by atoms with E-state index < -0.39 is 12.0 Å². The number of aliphatic hydroxyl groups excluding tert-OH is 1. The Kier molecular flexibility index (Phi) is 6.01. The summed E-state index contributed by atoms with van der Waals surface area (Å²) < 4.78 is 5.41. The number of aliphatic hydroxyl groups is 1. The molecule has 1 atom stereocenters. The largest absolute Gasteiger partial charge is 0.462 e. The number of carbonyl (C=O) groups excluding carboxylic acids is 2. The summed E-state index contributed by atoms with van der Waals surface area (Å²) in [7, 11) is 3.35. The zero-order valence-corrected chi connectivity index (χ0v) is 18.5. The van der Waals surface area contributed by atoms with E-state index in [9.17, 15) is 14.7 Å². The lowest BCUT2D eigenvalue weighted by Gasteiger charge is -2.38. The van der Waals surface area contributed by atoms with Crippen LogP contribution in [0.5, 0.6) is 0 Å². The molecule has 0 radical (unpaired) electrons. The number of nitrogens with zero attached hydrogens (tertiary/aromatic N) is 2. The van der Waals surface area contributed by atoms with Crippen LogP contribution in [0, 0.1) is 0 Å². The van der Waals surface area contributed by atoms with Crippen LogP contribution in [0.4, 0.5) is 4.79 Å². The van der Waals surface area contributed by atoms with Crippen molar-refractivity contribution in [1.82, 2.24) is 15.1 Å². The van der Waals surface area contributed by atoms with E-state index in [1.165, 1.54) is 4.90 Å². The summed E-state index contributed by atoms with van der Waals surface area (Å²) in [5.41, 5.74) is 1.16. The molecule has 1 aliphatic rings. The van der Waals surface area contributed by atoms with Crippen LogP contribution < -0.4 is 5.32 Å². The molecule has 0 aliphatic carbocycles. The number of benzene rings is 3. The highest BCUT2D eigenvalue weighted by Gasteiger charge is 2.39. The van der Waals surface area contributed by atoms with E-state index in [0.717, 1.165) is 27.1 Å². The van der Waals surface area contributed by atoms with Gasteiger partial charge in [-0.05, 0) is 40.1 Å². The van der Waals surface area contributed by atoms with Crippen molar-refractivity contribution >= 4 is 33.5 Å². The van der Waals surface area contributed by atoms with E-state index in [4.69, 9.17) is 4.74 Å². The van der Waals surface area contributed by atoms with Crippen LogP contribution in [0.3, 0.4) is 0 Å². The Labute approximate surface area is 186 Å². The van der Waals surface area contributed by atoms with Gasteiger partial charge in [0.25, 0.3) is 0 Å². The third kappa shape index (κ3) is 3.65. The second-order valence-corrected chi connectivity index (χ2v) is 7.78. The molecule has 4 rings (SSSR count). The molecule has 3 aromatic carbocycles. The number of nitrogens with one attached hydrogen (secondary N) is 1. The molecular weight excluding hydrogens is 406 g/mol. The highest BCUT2D eigenvalue weighted by molar-refractivity contribution is 6.10. The van der Waals surface area contributed by atoms with Gasteiger partial charge in [0.1, 0.15) is 11.4 Å². The first-order valence-electron chi connectivity index (χ1n) is 10.7. The Bertz CT molecular complexity index is 1220. The van der Waals surface area contributed by atoms with E-state index in [-0.39, 0.29) is 25.8 Å². The van der Waals surface area contributed by atoms with Gasteiger partial charge in [-0.3, -0.25) is 4.90 Å². The van der Waals surface area contributed by atoms with Gasteiger partial charge in [0.05, 0.1) is 19.3 Å². The minimum Gasteiger partial charge on any atom is -0.462 e. The molecule has 0 saturated heterocycles. The fraction of sp³-hybridized carbons (Fsp3) is 0.280. The molecular formula is C25H27N3O4. The minimum absolute atomic E-state index is 0.116. The van der Waals surface area contributed by atoms with E-state index in [1.807, 2.05) is 48.5 Å². The number of carbonyl (C=O) groups is 2. The van der Waals surface area contributed by atoms with Crippen molar-refractivity contribution in [2.75, 3.05) is 33.9 Å². The molecule has 2 amide bonds. The Morgan fingerprint density at radius 2 is 1.78 bits per heavy atom. The van der Waals surface area contributed by atoms with Gasteiger partial charge in [-0.15, -0.1) is 0 Å². The lowest BCUT2D eigenvalue weighted by molar-refractivity contribution is -0.139. The van der Waals surface area contributed by atoms with Gasteiger partial charge in [0, 0.05) is 20.6 Å².